The summed E-state index contributed by atoms with van der Waals surface area (Å²) in [6, 6.07) is 8.94. The number of hydrogen-bond acceptors (Lipinski definition) is 3. The molecule has 0 atom stereocenters. The number of piperazine rings is 1. The lowest BCUT2D eigenvalue weighted by Gasteiger charge is -2.30. The van der Waals surface area contributed by atoms with Crippen LogP contribution in [0.1, 0.15) is 36.8 Å². The maximum absolute atomic E-state index is 12.4. The molecule has 2 fully saturated rings. The van der Waals surface area contributed by atoms with Gasteiger partial charge in [0.2, 0.25) is 0 Å². The Kier molecular flexibility index (Phi) is 5.33. The second-order valence-electron chi connectivity index (χ2n) is 8.34. The van der Waals surface area contributed by atoms with Gasteiger partial charge in [0.05, 0.1) is 12.7 Å². The third kappa shape index (κ3) is 4.26. The van der Waals surface area contributed by atoms with E-state index in [0.29, 0.717) is 6.54 Å². The Balaban J connectivity index is 1.23. The predicted octanol–water partition coefficient (Wildman–Crippen LogP) is -1.14. The van der Waals surface area contributed by atoms with Crippen LogP contribution in [0.4, 0.5) is 0 Å². The van der Waals surface area contributed by atoms with E-state index in [1.54, 1.807) is 4.90 Å². The molecule has 3 aliphatic rings. The first kappa shape index (κ1) is 18.3. The van der Waals surface area contributed by atoms with Crippen molar-refractivity contribution in [2.45, 2.75) is 44.2 Å². The smallest absolute Gasteiger partial charge is 0.276 e. The normalized spacial score (nSPS) is 26.0. The molecule has 1 saturated heterocycles. The largest absolute Gasteiger partial charge is 0.493 e. The molecule has 1 aliphatic carbocycles. The van der Waals surface area contributed by atoms with Crippen molar-refractivity contribution in [1.29, 1.82) is 5.26 Å². The Morgan fingerprint density at radius 1 is 1.19 bits per heavy atom. The first-order valence-electron chi connectivity index (χ1n) is 10.3. The van der Waals surface area contributed by atoms with E-state index in [-0.39, 0.29) is 5.91 Å². The van der Waals surface area contributed by atoms with Gasteiger partial charge in [-0.1, -0.05) is 0 Å². The van der Waals surface area contributed by atoms with Crippen molar-refractivity contribution < 1.29 is 19.3 Å². The molecule has 0 radical (unpaired) electrons. The van der Waals surface area contributed by atoms with Gasteiger partial charge in [-0.05, 0) is 49.4 Å². The van der Waals surface area contributed by atoms with Crippen LogP contribution in [0.5, 0.6) is 5.75 Å². The molecule has 0 spiro atoms. The van der Waals surface area contributed by atoms with Crippen LogP contribution in [-0.4, -0.2) is 50.8 Å². The predicted molar refractivity (Wildman–Crippen MR) is 101 cm³/mol. The zero-order valence-corrected chi connectivity index (χ0v) is 16.0. The average molecular weight is 370 g/mol. The first-order valence-corrected chi connectivity index (χ1v) is 10.3. The highest BCUT2D eigenvalue weighted by molar-refractivity contribution is 5.78. The summed E-state index contributed by atoms with van der Waals surface area (Å²) in [6.07, 6.45) is 4.70. The lowest BCUT2D eigenvalue weighted by atomic mass is 10.00. The highest BCUT2D eigenvalue weighted by Crippen LogP contribution is 2.28. The molecule has 1 amide bonds. The average Bonchev–Trinajstić information content (AvgIpc) is 3.32. The van der Waals surface area contributed by atoms with Gasteiger partial charge in [-0.3, -0.25) is 4.79 Å². The molecule has 2 aliphatic heterocycles. The molecular formula is C21H30N4O2+2. The van der Waals surface area contributed by atoms with Crippen LogP contribution in [0.15, 0.2) is 18.2 Å². The van der Waals surface area contributed by atoms with Gasteiger partial charge in [-0.2, -0.15) is 5.26 Å². The van der Waals surface area contributed by atoms with Crippen LogP contribution in [0, 0.1) is 11.3 Å². The molecule has 0 aromatic heterocycles. The lowest BCUT2D eigenvalue weighted by molar-refractivity contribution is -1.02. The van der Waals surface area contributed by atoms with Crippen LogP contribution in [-0.2, 0) is 17.8 Å². The van der Waals surface area contributed by atoms with Crippen molar-refractivity contribution in [2.75, 3.05) is 39.3 Å². The van der Waals surface area contributed by atoms with Crippen molar-refractivity contribution in [3.8, 4) is 11.8 Å². The van der Waals surface area contributed by atoms with Gasteiger partial charge < -0.3 is 19.9 Å². The fourth-order valence-corrected chi connectivity index (χ4v) is 4.73. The number of amides is 1. The molecule has 1 aromatic carbocycles. The second kappa shape index (κ2) is 7.87. The third-order valence-electron chi connectivity index (χ3n) is 6.33. The molecule has 6 nitrogen and oxygen atoms in total. The van der Waals surface area contributed by atoms with Crippen LogP contribution in [0.25, 0.3) is 0 Å². The SMILES string of the molecule is N#CC1(NC(=O)C[NH+]2CC[NH+](Cc3ccc4c(c3)CCO4)CC2)CCCC1. The number of hydrogen-bond donors (Lipinski definition) is 3. The van der Waals surface area contributed by atoms with E-state index in [4.69, 9.17) is 4.74 Å². The molecule has 27 heavy (non-hydrogen) atoms. The molecule has 0 unspecified atom stereocenters. The Bertz CT molecular complexity index is 728. The number of ether oxygens (including phenoxy) is 1. The number of fused-ring (bicyclic) bond motifs is 1. The molecule has 1 saturated carbocycles. The molecule has 144 valence electrons. The van der Waals surface area contributed by atoms with Crippen molar-refractivity contribution in [2.24, 2.45) is 0 Å². The third-order valence-corrected chi connectivity index (χ3v) is 6.33. The van der Waals surface area contributed by atoms with E-state index >= 15 is 0 Å². The standard InChI is InChI=1S/C21H28N4O2/c22-16-21(6-1-2-7-21)23-20(26)15-25-10-8-24(9-11-25)14-17-3-4-19-18(13-17)5-12-27-19/h3-4,13H,1-2,5-12,14-15H2,(H,23,26)/p+2. The Labute approximate surface area is 161 Å². The Morgan fingerprint density at radius 2 is 1.93 bits per heavy atom. The van der Waals surface area contributed by atoms with Crippen molar-refractivity contribution >= 4 is 5.91 Å². The van der Waals surface area contributed by atoms with Crippen molar-refractivity contribution in [3.05, 3.63) is 29.3 Å². The van der Waals surface area contributed by atoms with Gasteiger partial charge >= 0.3 is 0 Å². The van der Waals surface area contributed by atoms with Gasteiger partial charge in [-0.15, -0.1) is 0 Å². The summed E-state index contributed by atoms with van der Waals surface area (Å²) in [5, 5.41) is 12.4. The van der Waals surface area contributed by atoms with Crippen LogP contribution >= 0.6 is 0 Å². The van der Waals surface area contributed by atoms with Gasteiger partial charge in [0.15, 0.2) is 6.54 Å². The quantitative estimate of drug-likeness (QED) is 0.614. The summed E-state index contributed by atoms with van der Waals surface area (Å²) in [6.45, 7) is 6.53. The zero-order chi connectivity index (χ0) is 18.7. The minimum absolute atomic E-state index is 0.0375. The summed E-state index contributed by atoms with van der Waals surface area (Å²) < 4.78 is 5.59. The highest BCUT2D eigenvalue weighted by atomic mass is 16.5. The molecule has 1 aromatic rings. The zero-order valence-electron chi connectivity index (χ0n) is 16.0. The molecule has 4 rings (SSSR count). The summed E-state index contributed by atoms with van der Waals surface area (Å²) in [4.78, 5) is 15.3. The van der Waals surface area contributed by atoms with E-state index in [0.717, 1.165) is 77.2 Å². The van der Waals surface area contributed by atoms with E-state index in [9.17, 15) is 10.1 Å². The summed E-state index contributed by atoms with van der Waals surface area (Å²) in [5.41, 5.74) is 2.12. The summed E-state index contributed by atoms with van der Waals surface area (Å²) >= 11 is 0. The fraction of sp³-hybridized carbons (Fsp3) is 0.619. The number of carbonyl (C=O) groups is 1. The second-order valence-corrected chi connectivity index (χ2v) is 8.34. The van der Waals surface area contributed by atoms with E-state index in [2.05, 4.69) is 29.6 Å². The molecule has 6 heteroatoms. The molecule has 0 bridgehead atoms. The van der Waals surface area contributed by atoms with E-state index < -0.39 is 5.54 Å². The van der Waals surface area contributed by atoms with Crippen molar-refractivity contribution in [3.63, 3.8) is 0 Å². The van der Waals surface area contributed by atoms with Gasteiger partial charge in [-0.25, -0.2) is 0 Å². The summed E-state index contributed by atoms with van der Waals surface area (Å²) in [7, 11) is 0. The summed E-state index contributed by atoms with van der Waals surface area (Å²) in [5.74, 6) is 1.09. The Hall–Kier alpha value is -2.10. The number of carbonyl (C=O) groups excluding carboxylic acids is 1. The number of benzene rings is 1. The van der Waals surface area contributed by atoms with Gasteiger partial charge in [0, 0.05) is 12.0 Å². The van der Waals surface area contributed by atoms with Gasteiger partial charge in [0.25, 0.3) is 5.91 Å². The number of quaternary nitrogens is 2. The van der Waals surface area contributed by atoms with Crippen molar-refractivity contribution in [1.82, 2.24) is 5.32 Å². The van der Waals surface area contributed by atoms with Crippen LogP contribution in [0.2, 0.25) is 0 Å². The minimum atomic E-state index is -0.596. The molecule has 3 N–H and O–H groups in total. The number of nitriles is 1. The van der Waals surface area contributed by atoms with E-state index in [1.165, 1.54) is 16.0 Å². The number of nitrogens with one attached hydrogen (secondary N) is 3. The molecular weight excluding hydrogens is 340 g/mol. The van der Waals surface area contributed by atoms with Gasteiger partial charge in [0.1, 0.15) is 44.0 Å². The minimum Gasteiger partial charge on any atom is -0.493 e. The number of nitrogens with zero attached hydrogens (tertiary/aromatic N) is 1. The highest BCUT2D eigenvalue weighted by Gasteiger charge is 2.36. The maximum atomic E-state index is 12.4. The Morgan fingerprint density at radius 3 is 2.67 bits per heavy atom. The fourth-order valence-electron chi connectivity index (χ4n) is 4.73. The maximum Gasteiger partial charge on any atom is 0.276 e. The monoisotopic (exact) mass is 370 g/mol. The molecule has 2 heterocycles. The van der Waals surface area contributed by atoms with Crippen LogP contribution < -0.4 is 19.9 Å². The lowest BCUT2D eigenvalue weighted by Crippen LogP contribution is -3.28. The van der Waals surface area contributed by atoms with Crippen LogP contribution in [0.3, 0.4) is 0 Å². The number of rotatable bonds is 5. The van der Waals surface area contributed by atoms with E-state index in [1.807, 2.05) is 0 Å². The first-order chi connectivity index (χ1) is 13.2. The topological polar surface area (TPSA) is 71.0 Å².